The molecule has 176 valence electrons. The first-order valence-corrected chi connectivity index (χ1v) is 12.0. The van der Waals surface area contributed by atoms with E-state index in [0.29, 0.717) is 29.6 Å². The highest BCUT2D eigenvalue weighted by Gasteiger charge is 2.48. The molecule has 3 aliphatic rings. The van der Waals surface area contributed by atoms with Crippen LogP contribution < -0.4 is 20.5 Å². The van der Waals surface area contributed by atoms with Gasteiger partial charge < -0.3 is 24.8 Å². The zero-order valence-corrected chi connectivity index (χ0v) is 19.5. The van der Waals surface area contributed by atoms with E-state index in [9.17, 15) is 9.90 Å². The summed E-state index contributed by atoms with van der Waals surface area (Å²) >= 11 is 5.73. The van der Waals surface area contributed by atoms with Crippen LogP contribution >= 0.6 is 12.2 Å². The van der Waals surface area contributed by atoms with E-state index < -0.39 is 0 Å². The topological polar surface area (TPSA) is 80.9 Å². The van der Waals surface area contributed by atoms with Crippen molar-refractivity contribution in [1.82, 2.24) is 19.4 Å². The zero-order chi connectivity index (χ0) is 23.7. The quantitative estimate of drug-likeness (QED) is 0.428. The van der Waals surface area contributed by atoms with E-state index in [-0.39, 0.29) is 30.4 Å². The predicted molar refractivity (Wildman–Crippen MR) is 134 cm³/mol. The third-order valence-electron chi connectivity index (χ3n) is 7.21. The molecular formula is C26H22N4O4S. The Morgan fingerprint density at radius 1 is 1.09 bits per heavy atom. The summed E-state index contributed by atoms with van der Waals surface area (Å²) in [7, 11) is 0. The van der Waals surface area contributed by atoms with Crippen molar-refractivity contribution in [2.45, 2.75) is 25.0 Å². The molecule has 9 heteroatoms. The Morgan fingerprint density at radius 3 is 2.83 bits per heavy atom. The van der Waals surface area contributed by atoms with Gasteiger partial charge in [-0.25, -0.2) is 9.36 Å². The Hall–Kier alpha value is -3.98. The monoisotopic (exact) mass is 486 g/mol. The molecule has 2 bridgehead atoms. The third kappa shape index (κ3) is 2.97. The van der Waals surface area contributed by atoms with Crippen LogP contribution in [0.25, 0.3) is 16.5 Å². The van der Waals surface area contributed by atoms with E-state index in [1.807, 2.05) is 60.7 Å². The van der Waals surface area contributed by atoms with Crippen LogP contribution in [0.5, 0.6) is 17.4 Å². The molecule has 1 aromatic heterocycles. The highest BCUT2D eigenvalue weighted by atomic mass is 32.1. The number of fused-ring (bicyclic) bond motifs is 7. The van der Waals surface area contributed by atoms with Gasteiger partial charge in [0.05, 0.1) is 17.8 Å². The Balaban J connectivity index is 1.18. The van der Waals surface area contributed by atoms with Crippen LogP contribution in [-0.4, -0.2) is 37.6 Å². The first kappa shape index (κ1) is 20.4. The van der Waals surface area contributed by atoms with Gasteiger partial charge >= 0.3 is 5.69 Å². The highest BCUT2D eigenvalue weighted by molar-refractivity contribution is 7.80. The van der Waals surface area contributed by atoms with E-state index in [0.717, 1.165) is 34.3 Å². The Bertz CT molecular complexity index is 1570. The van der Waals surface area contributed by atoms with Gasteiger partial charge in [0.2, 0.25) is 12.7 Å². The number of nitrogens with one attached hydrogen (secondary N) is 1. The number of aromatic nitrogens is 2. The number of ether oxygens (including phenoxy) is 2. The van der Waals surface area contributed by atoms with Crippen molar-refractivity contribution in [3.63, 3.8) is 0 Å². The van der Waals surface area contributed by atoms with E-state index in [2.05, 4.69) is 10.2 Å². The van der Waals surface area contributed by atoms with Crippen molar-refractivity contribution in [3.05, 3.63) is 82.4 Å². The van der Waals surface area contributed by atoms with Crippen molar-refractivity contribution in [2.24, 2.45) is 0 Å². The number of benzene rings is 3. The molecule has 3 aliphatic heterocycles. The minimum absolute atomic E-state index is 0.0119. The number of nitrogens with zero attached hydrogens (tertiary/aromatic N) is 3. The van der Waals surface area contributed by atoms with Crippen molar-refractivity contribution < 1.29 is 14.6 Å². The molecule has 0 aliphatic carbocycles. The van der Waals surface area contributed by atoms with Crippen LogP contribution in [0.15, 0.2) is 65.5 Å². The average Bonchev–Trinajstić information content (AvgIpc) is 3.65. The lowest BCUT2D eigenvalue weighted by Gasteiger charge is -2.30. The fraction of sp³-hybridized carbons (Fsp3) is 0.231. The van der Waals surface area contributed by atoms with Crippen molar-refractivity contribution >= 4 is 28.1 Å². The SMILES string of the molecule is O=c1n(-c2cccc3ccccc23)c(O)c2n1C1CC2N(C(=S)NCc2ccc3c(c2)OCO3)C1. The predicted octanol–water partition coefficient (Wildman–Crippen LogP) is 3.60. The molecule has 2 N–H and O–H groups in total. The molecule has 3 aromatic carbocycles. The number of thiocarbonyl (C=S) groups is 1. The van der Waals surface area contributed by atoms with E-state index in [1.165, 1.54) is 4.57 Å². The van der Waals surface area contributed by atoms with Crippen molar-refractivity contribution in [3.8, 4) is 23.1 Å². The number of hydrogen-bond donors (Lipinski definition) is 2. The third-order valence-corrected chi connectivity index (χ3v) is 7.59. The van der Waals surface area contributed by atoms with Crippen LogP contribution in [0, 0.1) is 0 Å². The molecule has 2 atom stereocenters. The van der Waals surface area contributed by atoms with Crippen molar-refractivity contribution in [1.29, 1.82) is 0 Å². The van der Waals surface area contributed by atoms with Gasteiger partial charge in [0.25, 0.3) is 0 Å². The molecule has 4 aromatic rings. The van der Waals surface area contributed by atoms with Crippen LogP contribution in [0.3, 0.4) is 0 Å². The van der Waals surface area contributed by atoms with Gasteiger partial charge in [0.15, 0.2) is 16.6 Å². The lowest BCUT2D eigenvalue weighted by Crippen LogP contribution is -2.42. The molecule has 2 unspecified atom stereocenters. The zero-order valence-electron chi connectivity index (χ0n) is 18.7. The molecule has 8 nitrogen and oxygen atoms in total. The Morgan fingerprint density at radius 2 is 1.91 bits per heavy atom. The lowest BCUT2D eigenvalue weighted by molar-refractivity contribution is 0.174. The van der Waals surface area contributed by atoms with Crippen LogP contribution in [0.1, 0.15) is 29.8 Å². The number of likely N-dealkylation sites (tertiary alicyclic amines) is 1. The van der Waals surface area contributed by atoms with E-state index in [1.54, 1.807) is 4.57 Å². The van der Waals surface area contributed by atoms with Gasteiger partial charge in [-0.3, -0.25) is 4.57 Å². The molecule has 35 heavy (non-hydrogen) atoms. The van der Waals surface area contributed by atoms with Crippen molar-refractivity contribution in [2.75, 3.05) is 13.3 Å². The maximum atomic E-state index is 13.5. The maximum Gasteiger partial charge on any atom is 0.336 e. The van der Waals surface area contributed by atoms with E-state index >= 15 is 0 Å². The molecule has 0 saturated carbocycles. The molecular weight excluding hydrogens is 464 g/mol. The average molecular weight is 487 g/mol. The fourth-order valence-corrected chi connectivity index (χ4v) is 5.90. The fourth-order valence-electron chi connectivity index (χ4n) is 5.62. The summed E-state index contributed by atoms with van der Waals surface area (Å²) in [6.45, 7) is 1.41. The van der Waals surface area contributed by atoms with Gasteiger partial charge in [-0.2, -0.15) is 0 Å². The Kier molecular flexibility index (Phi) is 4.38. The molecule has 1 saturated heterocycles. The normalized spacial score (nSPS) is 19.4. The summed E-state index contributed by atoms with van der Waals surface area (Å²) in [4.78, 5) is 15.6. The van der Waals surface area contributed by atoms with Crippen LogP contribution in [-0.2, 0) is 6.54 Å². The smallest absolute Gasteiger partial charge is 0.336 e. The van der Waals surface area contributed by atoms with Gasteiger partial charge in [-0.05, 0) is 47.8 Å². The second-order valence-electron chi connectivity index (χ2n) is 9.10. The van der Waals surface area contributed by atoms with Gasteiger partial charge in [-0.1, -0.05) is 42.5 Å². The minimum atomic E-state index is -0.208. The second kappa shape index (κ2) is 7.51. The molecule has 1 fully saturated rings. The number of aromatic hydroxyl groups is 1. The molecule has 0 spiro atoms. The summed E-state index contributed by atoms with van der Waals surface area (Å²) in [5, 5.41) is 17.2. The van der Waals surface area contributed by atoms with Gasteiger partial charge in [0, 0.05) is 18.5 Å². The first-order valence-electron chi connectivity index (χ1n) is 11.6. The molecule has 0 amide bonds. The maximum absolute atomic E-state index is 13.5. The summed E-state index contributed by atoms with van der Waals surface area (Å²) in [5.41, 5.74) is 2.14. The summed E-state index contributed by atoms with van der Waals surface area (Å²) < 4.78 is 14.0. The minimum Gasteiger partial charge on any atom is -0.493 e. The second-order valence-corrected chi connectivity index (χ2v) is 9.49. The van der Waals surface area contributed by atoms with Crippen LogP contribution in [0.2, 0.25) is 0 Å². The number of rotatable bonds is 3. The molecule has 0 radical (unpaired) electrons. The first-order chi connectivity index (χ1) is 17.1. The Labute approximate surface area is 205 Å². The van der Waals surface area contributed by atoms with Gasteiger partial charge in [-0.15, -0.1) is 0 Å². The highest BCUT2D eigenvalue weighted by Crippen LogP contribution is 2.48. The lowest BCUT2D eigenvalue weighted by atomic mass is 10.1. The van der Waals surface area contributed by atoms with Crippen LogP contribution in [0.4, 0.5) is 0 Å². The number of imidazole rings is 1. The molecule has 7 rings (SSSR count). The largest absolute Gasteiger partial charge is 0.493 e. The number of hydrogen-bond acceptors (Lipinski definition) is 5. The molecule has 4 heterocycles. The summed E-state index contributed by atoms with van der Waals surface area (Å²) in [5.74, 6) is 1.47. The summed E-state index contributed by atoms with van der Waals surface area (Å²) in [6, 6.07) is 19.3. The summed E-state index contributed by atoms with van der Waals surface area (Å²) in [6.07, 6.45) is 0.750. The van der Waals surface area contributed by atoms with E-state index in [4.69, 9.17) is 21.7 Å². The standard InChI is InChI=1S/C26H22N4O4S/c31-24-23-20-11-17(13-28(20)25(35)27-12-15-8-9-21-22(10-15)34-14-33-21)29(23)26(32)30(24)19-7-3-5-16-4-1-2-6-18(16)19/h1-10,17,20,31H,11-14H2,(H,27,35). The van der Waals surface area contributed by atoms with Gasteiger partial charge in [0.1, 0.15) is 5.69 Å².